The van der Waals surface area contributed by atoms with E-state index in [9.17, 15) is 22.8 Å². The van der Waals surface area contributed by atoms with Crippen LogP contribution in [-0.2, 0) is 9.59 Å². The zero-order valence-electron chi connectivity index (χ0n) is 14.8. The average Bonchev–Trinajstić information content (AvgIpc) is 3.38. The van der Waals surface area contributed by atoms with Crippen LogP contribution in [0.15, 0.2) is 34.8 Å². The van der Waals surface area contributed by atoms with Gasteiger partial charge in [-0.2, -0.15) is 0 Å². The monoisotopic (exact) mass is 441 g/mol. The van der Waals surface area contributed by atoms with Gasteiger partial charge in [0.05, 0.1) is 22.4 Å². The van der Waals surface area contributed by atoms with Crippen molar-refractivity contribution in [3.8, 4) is 10.7 Å². The minimum atomic E-state index is -1.69. The van der Waals surface area contributed by atoms with E-state index in [-0.39, 0.29) is 0 Å². The average molecular weight is 441 g/mol. The summed E-state index contributed by atoms with van der Waals surface area (Å²) in [5, 5.41) is 12.9. The van der Waals surface area contributed by atoms with Crippen LogP contribution < -0.4 is 10.6 Å². The molecule has 2 aromatic heterocycles. The number of carbonyl (C=O) groups excluding carboxylic acids is 2. The van der Waals surface area contributed by atoms with Crippen molar-refractivity contribution in [3.63, 3.8) is 0 Å². The van der Waals surface area contributed by atoms with E-state index < -0.39 is 46.7 Å². The van der Waals surface area contributed by atoms with Gasteiger partial charge in [-0.05, 0) is 30.5 Å². The Morgan fingerprint density at radius 3 is 2.76 bits per heavy atom. The first-order valence-electron chi connectivity index (χ1n) is 8.19. The van der Waals surface area contributed by atoms with Gasteiger partial charge >= 0.3 is 0 Å². The highest BCUT2D eigenvalue weighted by Gasteiger charge is 2.19. The maximum atomic E-state index is 13.6. The van der Waals surface area contributed by atoms with Gasteiger partial charge in [-0.15, -0.1) is 16.4 Å². The number of H-pyrrole nitrogens is 1. The van der Waals surface area contributed by atoms with Crippen molar-refractivity contribution in [3.05, 3.63) is 47.1 Å². The molecule has 0 bridgehead atoms. The second-order valence-electron chi connectivity index (χ2n) is 5.69. The molecule has 7 nitrogen and oxygen atoms in total. The lowest BCUT2D eigenvalue weighted by Gasteiger charge is -2.11. The number of rotatable bonds is 7. The SMILES string of the molecule is CC(Sc1n[nH]c(-c2cccs2)n1)C(=O)NCC(=O)Nc1ccc(F)c(F)c1F. The molecule has 2 heterocycles. The molecule has 3 rings (SSSR count). The summed E-state index contributed by atoms with van der Waals surface area (Å²) in [6, 6.07) is 5.33. The first kappa shape index (κ1) is 20.9. The van der Waals surface area contributed by atoms with Gasteiger partial charge in [0.1, 0.15) is 0 Å². The van der Waals surface area contributed by atoms with E-state index in [1.54, 1.807) is 6.92 Å². The van der Waals surface area contributed by atoms with Gasteiger partial charge in [-0.25, -0.2) is 18.2 Å². The fraction of sp³-hybridized carbons (Fsp3) is 0.176. The van der Waals surface area contributed by atoms with Crippen LogP contribution >= 0.6 is 23.1 Å². The Morgan fingerprint density at radius 2 is 2.03 bits per heavy atom. The van der Waals surface area contributed by atoms with Crippen LogP contribution in [0.2, 0.25) is 0 Å². The van der Waals surface area contributed by atoms with Gasteiger partial charge in [0, 0.05) is 0 Å². The fourth-order valence-corrected chi connectivity index (χ4v) is 3.57. The Morgan fingerprint density at radius 1 is 1.24 bits per heavy atom. The number of aromatic nitrogens is 3. The molecule has 0 radical (unpaired) electrons. The molecule has 0 aliphatic rings. The molecule has 12 heteroatoms. The van der Waals surface area contributed by atoms with Gasteiger partial charge < -0.3 is 10.6 Å². The standard InChI is InChI=1S/C17H14F3N5O2S2/c1-8(29-17-23-15(24-25-17)11-3-2-6-28-11)16(27)21-7-12(26)22-10-5-4-9(18)13(19)14(10)20/h2-6,8H,7H2,1H3,(H,21,27)(H,22,26)(H,23,24,25). The molecule has 1 unspecified atom stereocenters. The summed E-state index contributed by atoms with van der Waals surface area (Å²) in [4.78, 5) is 29.2. The first-order valence-corrected chi connectivity index (χ1v) is 9.95. The molecule has 1 aromatic carbocycles. The fourth-order valence-electron chi connectivity index (χ4n) is 2.16. The highest BCUT2D eigenvalue weighted by molar-refractivity contribution is 8.00. The smallest absolute Gasteiger partial charge is 0.243 e. The molecular formula is C17H14F3N5O2S2. The lowest BCUT2D eigenvalue weighted by molar-refractivity contribution is -0.123. The topological polar surface area (TPSA) is 99.8 Å². The first-order chi connectivity index (χ1) is 13.8. The molecule has 0 fully saturated rings. The summed E-state index contributed by atoms with van der Waals surface area (Å²) in [7, 11) is 0. The third-order valence-electron chi connectivity index (χ3n) is 3.60. The molecule has 3 aromatic rings. The molecular weight excluding hydrogens is 427 g/mol. The number of thioether (sulfide) groups is 1. The Balaban J connectivity index is 1.50. The van der Waals surface area contributed by atoms with Crippen molar-refractivity contribution < 1.29 is 22.8 Å². The maximum Gasteiger partial charge on any atom is 0.243 e. The minimum Gasteiger partial charge on any atom is -0.346 e. The summed E-state index contributed by atoms with van der Waals surface area (Å²) in [5.41, 5.74) is -0.521. The number of amides is 2. The van der Waals surface area contributed by atoms with Crippen LogP contribution in [0, 0.1) is 17.5 Å². The molecule has 29 heavy (non-hydrogen) atoms. The minimum absolute atomic E-state index is 0.365. The number of hydrogen-bond donors (Lipinski definition) is 3. The summed E-state index contributed by atoms with van der Waals surface area (Å²) in [6.45, 7) is 1.13. The van der Waals surface area contributed by atoms with Crippen LogP contribution in [0.25, 0.3) is 10.7 Å². The van der Waals surface area contributed by atoms with E-state index in [1.807, 2.05) is 17.5 Å². The van der Waals surface area contributed by atoms with Gasteiger partial charge in [0.15, 0.2) is 23.3 Å². The largest absolute Gasteiger partial charge is 0.346 e. The molecule has 0 aliphatic heterocycles. The number of carbonyl (C=O) groups is 2. The third kappa shape index (κ3) is 5.15. The molecule has 152 valence electrons. The van der Waals surface area contributed by atoms with Crippen molar-refractivity contribution in [2.45, 2.75) is 17.3 Å². The lowest BCUT2D eigenvalue weighted by Crippen LogP contribution is -2.37. The number of thiophene rings is 1. The van der Waals surface area contributed by atoms with Crippen molar-refractivity contribution in [2.75, 3.05) is 11.9 Å². The third-order valence-corrected chi connectivity index (χ3v) is 5.44. The zero-order chi connectivity index (χ0) is 21.0. The van der Waals surface area contributed by atoms with E-state index >= 15 is 0 Å². The van der Waals surface area contributed by atoms with Gasteiger partial charge in [-0.1, -0.05) is 17.8 Å². The highest BCUT2D eigenvalue weighted by atomic mass is 32.2. The Kier molecular flexibility index (Phi) is 6.54. The van der Waals surface area contributed by atoms with Gasteiger partial charge in [-0.3, -0.25) is 14.7 Å². The number of nitrogens with zero attached hydrogens (tertiary/aromatic N) is 2. The van der Waals surface area contributed by atoms with Gasteiger partial charge in [0.2, 0.25) is 17.0 Å². The molecule has 0 spiro atoms. The van der Waals surface area contributed by atoms with Crippen molar-refractivity contribution in [1.82, 2.24) is 20.5 Å². The number of anilines is 1. The summed E-state index contributed by atoms with van der Waals surface area (Å²) in [5.74, 6) is -5.25. The Hall–Kier alpha value is -2.86. The summed E-state index contributed by atoms with van der Waals surface area (Å²) in [6.07, 6.45) is 0. The number of halogens is 3. The quantitative estimate of drug-likeness (QED) is 0.386. The Labute approximate surface area is 171 Å². The molecule has 3 N–H and O–H groups in total. The van der Waals surface area contributed by atoms with Crippen LogP contribution in [0.1, 0.15) is 6.92 Å². The highest BCUT2D eigenvalue weighted by Crippen LogP contribution is 2.25. The van der Waals surface area contributed by atoms with Crippen LogP contribution in [0.5, 0.6) is 0 Å². The van der Waals surface area contributed by atoms with E-state index in [2.05, 4.69) is 25.8 Å². The predicted molar refractivity (Wildman–Crippen MR) is 103 cm³/mol. The molecule has 0 saturated carbocycles. The summed E-state index contributed by atoms with van der Waals surface area (Å²) < 4.78 is 39.6. The maximum absolute atomic E-state index is 13.6. The van der Waals surface area contributed by atoms with Crippen LogP contribution in [0.4, 0.5) is 18.9 Å². The number of benzene rings is 1. The normalized spacial score (nSPS) is 11.9. The van der Waals surface area contributed by atoms with E-state index in [0.29, 0.717) is 17.0 Å². The molecule has 0 saturated heterocycles. The Bertz CT molecular complexity index is 1030. The van der Waals surface area contributed by atoms with Gasteiger partial charge in [0.25, 0.3) is 0 Å². The van der Waals surface area contributed by atoms with Crippen molar-refractivity contribution in [2.24, 2.45) is 0 Å². The molecule has 0 aliphatic carbocycles. The van der Waals surface area contributed by atoms with E-state index in [4.69, 9.17) is 0 Å². The van der Waals surface area contributed by atoms with Crippen LogP contribution in [-0.4, -0.2) is 38.8 Å². The second kappa shape index (κ2) is 9.09. The number of nitrogens with one attached hydrogen (secondary N) is 3. The zero-order valence-corrected chi connectivity index (χ0v) is 16.5. The second-order valence-corrected chi connectivity index (χ2v) is 7.95. The van der Waals surface area contributed by atoms with Crippen molar-refractivity contribution in [1.29, 1.82) is 0 Å². The number of aromatic amines is 1. The molecule has 2 amide bonds. The molecule has 1 atom stereocenters. The van der Waals surface area contributed by atoms with Crippen molar-refractivity contribution >= 4 is 40.6 Å². The van der Waals surface area contributed by atoms with E-state index in [1.165, 1.54) is 11.3 Å². The number of hydrogen-bond acceptors (Lipinski definition) is 6. The van der Waals surface area contributed by atoms with Crippen LogP contribution in [0.3, 0.4) is 0 Å². The van der Waals surface area contributed by atoms with E-state index in [0.717, 1.165) is 22.7 Å². The summed E-state index contributed by atoms with van der Waals surface area (Å²) >= 11 is 2.58. The lowest BCUT2D eigenvalue weighted by atomic mass is 10.2. The predicted octanol–water partition coefficient (Wildman–Crippen LogP) is 3.19.